The van der Waals surface area contributed by atoms with Crippen LogP contribution in [0.25, 0.3) is 0 Å². The lowest BCUT2D eigenvalue weighted by atomic mass is 9.94. The number of hydrogen-bond donors (Lipinski definition) is 0. The standard InChI is InChI=1S/C15H20O5/c16-13(20-14-3-1-2-6-18-14)9-19-15(17)12-8-10-4-5-11(12)7-10/h4-5,10-12,14H,1-3,6-9H2. The molecular weight excluding hydrogens is 260 g/mol. The van der Waals surface area contributed by atoms with Gasteiger partial charge in [-0.05, 0) is 37.5 Å². The summed E-state index contributed by atoms with van der Waals surface area (Å²) in [5.74, 6) is -0.0682. The zero-order valence-corrected chi connectivity index (χ0v) is 11.5. The second-order valence-electron chi connectivity index (χ2n) is 5.78. The number of esters is 2. The van der Waals surface area contributed by atoms with E-state index in [9.17, 15) is 9.59 Å². The van der Waals surface area contributed by atoms with Gasteiger partial charge in [-0.3, -0.25) is 4.79 Å². The zero-order chi connectivity index (χ0) is 13.9. The van der Waals surface area contributed by atoms with Gasteiger partial charge in [0.25, 0.3) is 0 Å². The molecule has 0 aromatic heterocycles. The highest BCUT2D eigenvalue weighted by molar-refractivity contribution is 5.78. The predicted octanol–water partition coefficient (Wildman–Crippen LogP) is 1.81. The number of fused-ring (bicyclic) bond motifs is 2. The molecule has 0 radical (unpaired) electrons. The minimum Gasteiger partial charge on any atom is -0.453 e. The molecule has 5 heteroatoms. The van der Waals surface area contributed by atoms with Gasteiger partial charge in [-0.15, -0.1) is 0 Å². The molecule has 4 atom stereocenters. The van der Waals surface area contributed by atoms with Crippen LogP contribution in [0.15, 0.2) is 12.2 Å². The fourth-order valence-corrected chi connectivity index (χ4v) is 3.27. The lowest BCUT2D eigenvalue weighted by Crippen LogP contribution is -2.29. The van der Waals surface area contributed by atoms with Gasteiger partial charge in [-0.2, -0.15) is 0 Å². The van der Waals surface area contributed by atoms with Gasteiger partial charge in [0.1, 0.15) is 0 Å². The Morgan fingerprint density at radius 1 is 1.20 bits per heavy atom. The molecule has 3 aliphatic rings. The first-order chi connectivity index (χ1) is 9.72. The molecule has 2 fully saturated rings. The van der Waals surface area contributed by atoms with E-state index < -0.39 is 12.3 Å². The normalized spacial score (nSPS) is 35.0. The molecule has 3 rings (SSSR count). The molecule has 2 aliphatic carbocycles. The summed E-state index contributed by atoms with van der Waals surface area (Å²) in [6.07, 6.45) is 8.39. The minimum absolute atomic E-state index is 0.0799. The van der Waals surface area contributed by atoms with Crippen molar-refractivity contribution in [3.63, 3.8) is 0 Å². The van der Waals surface area contributed by atoms with Crippen LogP contribution in [0.2, 0.25) is 0 Å². The second kappa shape index (κ2) is 5.95. The van der Waals surface area contributed by atoms with Crippen LogP contribution < -0.4 is 0 Å². The summed E-state index contributed by atoms with van der Waals surface area (Å²) in [5.41, 5.74) is 0. The number of rotatable bonds is 4. The van der Waals surface area contributed by atoms with Crippen molar-refractivity contribution in [3.8, 4) is 0 Å². The third kappa shape index (κ3) is 3.03. The largest absolute Gasteiger partial charge is 0.453 e. The van der Waals surface area contributed by atoms with E-state index in [1.165, 1.54) is 0 Å². The van der Waals surface area contributed by atoms with Gasteiger partial charge >= 0.3 is 11.9 Å². The quantitative estimate of drug-likeness (QED) is 0.580. The Balaban J connectivity index is 1.39. The van der Waals surface area contributed by atoms with Crippen LogP contribution in [0.3, 0.4) is 0 Å². The Bertz CT molecular complexity index is 410. The van der Waals surface area contributed by atoms with Gasteiger partial charge in [-0.25, -0.2) is 4.79 Å². The third-order valence-electron chi connectivity index (χ3n) is 4.31. The summed E-state index contributed by atoms with van der Waals surface area (Å²) in [6, 6.07) is 0. The van der Waals surface area contributed by atoms with Crippen molar-refractivity contribution in [2.45, 2.75) is 38.4 Å². The monoisotopic (exact) mass is 280 g/mol. The van der Waals surface area contributed by atoms with Crippen LogP contribution in [-0.2, 0) is 23.8 Å². The van der Waals surface area contributed by atoms with E-state index >= 15 is 0 Å². The molecule has 5 nitrogen and oxygen atoms in total. The summed E-state index contributed by atoms with van der Waals surface area (Å²) in [5, 5.41) is 0. The Kier molecular flexibility index (Phi) is 4.05. The fourth-order valence-electron chi connectivity index (χ4n) is 3.27. The van der Waals surface area contributed by atoms with E-state index in [0.717, 1.165) is 32.1 Å². The highest BCUT2D eigenvalue weighted by Crippen LogP contribution is 2.43. The van der Waals surface area contributed by atoms with E-state index in [1.54, 1.807) is 0 Å². The number of hydrogen-bond acceptors (Lipinski definition) is 5. The van der Waals surface area contributed by atoms with Crippen LogP contribution >= 0.6 is 0 Å². The molecule has 0 spiro atoms. The molecule has 110 valence electrons. The number of carbonyl (C=O) groups is 2. The predicted molar refractivity (Wildman–Crippen MR) is 69.5 cm³/mol. The molecule has 1 aliphatic heterocycles. The maximum absolute atomic E-state index is 11.9. The van der Waals surface area contributed by atoms with Crippen molar-refractivity contribution in [3.05, 3.63) is 12.2 Å². The number of carbonyl (C=O) groups excluding carboxylic acids is 2. The van der Waals surface area contributed by atoms with Crippen LogP contribution in [0, 0.1) is 17.8 Å². The van der Waals surface area contributed by atoms with Crippen molar-refractivity contribution >= 4 is 11.9 Å². The Morgan fingerprint density at radius 3 is 2.75 bits per heavy atom. The maximum atomic E-state index is 11.9. The van der Waals surface area contributed by atoms with E-state index in [0.29, 0.717) is 18.4 Å². The summed E-state index contributed by atoms with van der Waals surface area (Å²) in [7, 11) is 0. The summed E-state index contributed by atoms with van der Waals surface area (Å²) < 4.78 is 15.5. The van der Waals surface area contributed by atoms with E-state index in [2.05, 4.69) is 12.2 Å². The number of allylic oxidation sites excluding steroid dienone is 2. The van der Waals surface area contributed by atoms with Gasteiger partial charge in [0.15, 0.2) is 6.61 Å². The Hall–Kier alpha value is -1.36. The number of ether oxygens (including phenoxy) is 3. The molecule has 0 aromatic carbocycles. The SMILES string of the molecule is O=C(COC(=O)C1CC2C=CC1C2)OC1CCCCO1. The fraction of sp³-hybridized carbons (Fsp3) is 0.733. The van der Waals surface area contributed by atoms with E-state index in [1.807, 2.05) is 0 Å². The van der Waals surface area contributed by atoms with Crippen LogP contribution in [-0.4, -0.2) is 31.4 Å². The Labute approximate surface area is 118 Å². The van der Waals surface area contributed by atoms with Gasteiger partial charge in [0.2, 0.25) is 6.29 Å². The highest BCUT2D eigenvalue weighted by atomic mass is 16.7. The first kappa shape index (κ1) is 13.6. The summed E-state index contributed by atoms with van der Waals surface area (Å²) in [4.78, 5) is 23.5. The van der Waals surface area contributed by atoms with Gasteiger partial charge in [-0.1, -0.05) is 12.2 Å². The van der Waals surface area contributed by atoms with Crippen molar-refractivity contribution in [2.24, 2.45) is 17.8 Å². The molecule has 20 heavy (non-hydrogen) atoms. The lowest BCUT2D eigenvalue weighted by Gasteiger charge is -2.22. The van der Waals surface area contributed by atoms with Crippen molar-refractivity contribution in [1.29, 1.82) is 0 Å². The van der Waals surface area contributed by atoms with Crippen LogP contribution in [0.5, 0.6) is 0 Å². The van der Waals surface area contributed by atoms with Gasteiger partial charge < -0.3 is 14.2 Å². The van der Waals surface area contributed by atoms with Crippen molar-refractivity contribution < 1.29 is 23.8 Å². The molecule has 0 aromatic rings. The molecule has 4 unspecified atom stereocenters. The first-order valence-corrected chi connectivity index (χ1v) is 7.38. The molecule has 0 N–H and O–H groups in total. The van der Waals surface area contributed by atoms with Gasteiger partial charge in [0.05, 0.1) is 12.5 Å². The van der Waals surface area contributed by atoms with Gasteiger partial charge in [0, 0.05) is 6.42 Å². The molecule has 0 amide bonds. The second-order valence-corrected chi connectivity index (χ2v) is 5.78. The van der Waals surface area contributed by atoms with E-state index in [4.69, 9.17) is 14.2 Å². The van der Waals surface area contributed by atoms with Crippen molar-refractivity contribution in [2.75, 3.05) is 13.2 Å². The lowest BCUT2D eigenvalue weighted by molar-refractivity contribution is -0.193. The van der Waals surface area contributed by atoms with E-state index in [-0.39, 0.29) is 18.5 Å². The molecule has 1 saturated carbocycles. The summed E-state index contributed by atoms with van der Waals surface area (Å²) >= 11 is 0. The molecule has 2 bridgehead atoms. The maximum Gasteiger partial charge on any atom is 0.346 e. The average Bonchev–Trinajstić information content (AvgIpc) is 3.08. The minimum atomic E-state index is -0.524. The average molecular weight is 280 g/mol. The van der Waals surface area contributed by atoms with Crippen LogP contribution in [0.4, 0.5) is 0 Å². The molecular formula is C15H20O5. The first-order valence-electron chi connectivity index (χ1n) is 7.38. The Morgan fingerprint density at radius 2 is 2.10 bits per heavy atom. The van der Waals surface area contributed by atoms with Crippen molar-refractivity contribution in [1.82, 2.24) is 0 Å². The highest BCUT2D eigenvalue weighted by Gasteiger charge is 2.40. The molecule has 1 heterocycles. The molecule has 1 saturated heterocycles. The summed E-state index contributed by atoms with van der Waals surface area (Å²) in [6.45, 7) is 0.311. The topological polar surface area (TPSA) is 61.8 Å². The smallest absolute Gasteiger partial charge is 0.346 e. The third-order valence-corrected chi connectivity index (χ3v) is 4.31. The van der Waals surface area contributed by atoms with Crippen LogP contribution in [0.1, 0.15) is 32.1 Å². The zero-order valence-electron chi connectivity index (χ0n) is 11.5.